The molecule has 6 nitrogen and oxygen atoms in total. The van der Waals surface area contributed by atoms with Crippen molar-refractivity contribution in [2.75, 3.05) is 5.43 Å². The van der Waals surface area contributed by atoms with Crippen LogP contribution in [-0.2, 0) is 0 Å². The number of fused-ring (bicyclic) bond motifs is 1. The Balaban J connectivity index is 1.96. The van der Waals surface area contributed by atoms with Gasteiger partial charge in [0.05, 0.1) is 5.56 Å². The SMILES string of the molecule is Cc1ccc(-c2[nH+]c3ccccc3c(=O)n2Nc2nc(C)cc(C)n2)cc1. The second kappa shape index (κ2) is 6.64. The fourth-order valence-electron chi connectivity index (χ4n) is 3.08. The molecule has 27 heavy (non-hydrogen) atoms. The summed E-state index contributed by atoms with van der Waals surface area (Å²) in [4.78, 5) is 25.4. The van der Waals surface area contributed by atoms with Crippen molar-refractivity contribution >= 4 is 16.9 Å². The Morgan fingerprint density at radius 2 is 1.59 bits per heavy atom. The Hall–Kier alpha value is -3.54. The fourth-order valence-corrected chi connectivity index (χ4v) is 3.08. The third-order valence-corrected chi connectivity index (χ3v) is 4.36. The summed E-state index contributed by atoms with van der Waals surface area (Å²) in [5, 5.41) is 0.588. The van der Waals surface area contributed by atoms with Crippen molar-refractivity contribution in [2.24, 2.45) is 0 Å². The van der Waals surface area contributed by atoms with Crippen LogP contribution in [0.15, 0.2) is 59.4 Å². The van der Waals surface area contributed by atoms with Gasteiger partial charge >= 0.3 is 11.4 Å². The zero-order valence-electron chi connectivity index (χ0n) is 15.4. The molecule has 134 valence electrons. The first-order chi connectivity index (χ1) is 13.0. The average Bonchev–Trinajstić information content (AvgIpc) is 2.64. The minimum atomic E-state index is -0.164. The van der Waals surface area contributed by atoms with E-state index in [1.54, 1.807) is 6.07 Å². The lowest BCUT2D eigenvalue weighted by Crippen LogP contribution is -2.35. The molecule has 4 aromatic rings. The van der Waals surface area contributed by atoms with E-state index in [0.29, 0.717) is 17.2 Å². The van der Waals surface area contributed by atoms with Gasteiger partial charge in [0.15, 0.2) is 0 Å². The summed E-state index contributed by atoms with van der Waals surface area (Å²) in [6.45, 7) is 5.83. The number of aryl methyl sites for hydroxylation is 3. The first kappa shape index (κ1) is 16.9. The number of hydrogen-bond acceptors (Lipinski definition) is 4. The minimum absolute atomic E-state index is 0.164. The third kappa shape index (κ3) is 3.29. The molecule has 0 spiro atoms. The third-order valence-electron chi connectivity index (χ3n) is 4.36. The van der Waals surface area contributed by atoms with Gasteiger partial charge in [0, 0.05) is 11.4 Å². The second-order valence-electron chi connectivity index (χ2n) is 6.61. The molecule has 0 saturated carbocycles. The summed E-state index contributed by atoms with van der Waals surface area (Å²) in [5.41, 5.74) is 7.40. The van der Waals surface area contributed by atoms with Gasteiger partial charge in [0.2, 0.25) is 0 Å². The van der Waals surface area contributed by atoms with E-state index in [0.717, 1.165) is 28.0 Å². The molecule has 0 fully saturated rings. The molecule has 2 aromatic carbocycles. The Kier molecular flexibility index (Phi) is 4.16. The molecule has 2 heterocycles. The summed E-state index contributed by atoms with van der Waals surface area (Å²) < 4.78 is 1.47. The topological polar surface area (TPSA) is 74.0 Å². The van der Waals surface area contributed by atoms with Gasteiger partial charge in [0.1, 0.15) is 10.9 Å². The predicted molar refractivity (Wildman–Crippen MR) is 105 cm³/mol. The number of rotatable bonds is 3. The Labute approximate surface area is 156 Å². The van der Waals surface area contributed by atoms with Gasteiger partial charge in [-0.2, -0.15) is 5.43 Å². The van der Waals surface area contributed by atoms with Crippen LogP contribution < -0.4 is 16.0 Å². The molecule has 0 aliphatic carbocycles. The van der Waals surface area contributed by atoms with Crippen molar-refractivity contribution in [1.82, 2.24) is 14.6 Å². The summed E-state index contributed by atoms with van der Waals surface area (Å²) >= 11 is 0. The van der Waals surface area contributed by atoms with Crippen molar-refractivity contribution in [3.8, 4) is 11.4 Å². The van der Waals surface area contributed by atoms with Crippen LogP contribution in [0, 0.1) is 20.8 Å². The number of nitrogens with zero attached hydrogens (tertiary/aromatic N) is 3. The van der Waals surface area contributed by atoms with E-state index in [4.69, 9.17) is 0 Å². The smallest absolute Gasteiger partial charge is 0.238 e. The molecular formula is C21H20N5O+. The summed E-state index contributed by atoms with van der Waals surface area (Å²) in [6, 6.07) is 17.3. The van der Waals surface area contributed by atoms with Crippen LogP contribution in [0.25, 0.3) is 22.3 Å². The standard InChI is InChI=1S/C21H19N5O/c1-13-8-10-16(11-9-13)19-24-18-7-5-4-6-17(18)20(27)26(19)25-21-22-14(2)12-15(3)23-21/h4-12H,1-3H3,(H,22,23,25)/p+1. The molecule has 0 bridgehead atoms. The van der Waals surface area contributed by atoms with Gasteiger partial charge in [-0.3, -0.25) is 0 Å². The van der Waals surface area contributed by atoms with E-state index in [-0.39, 0.29) is 5.56 Å². The number of hydrogen-bond donors (Lipinski definition) is 1. The quantitative estimate of drug-likeness (QED) is 0.611. The van der Waals surface area contributed by atoms with Gasteiger partial charge in [-0.1, -0.05) is 34.5 Å². The van der Waals surface area contributed by atoms with Crippen LogP contribution in [-0.4, -0.2) is 14.6 Å². The molecule has 0 aliphatic heterocycles. The molecule has 0 atom stereocenters. The van der Waals surface area contributed by atoms with Crippen LogP contribution in [0.2, 0.25) is 0 Å². The first-order valence-corrected chi connectivity index (χ1v) is 8.75. The lowest BCUT2D eigenvalue weighted by atomic mass is 10.1. The van der Waals surface area contributed by atoms with E-state index < -0.39 is 0 Å². The van der Waals surface area contributed by atoms with E-state index in [1.165, 1.54) is 4.68 Å². The Morgan fingerprint density at radius 3 is 2.30 bits per heavy atom. The van der Waals surface area contributed by atoms with Crippen molar-refractivity contribution in [1.29, 1.82) is 0 Å². The number of benzene rings is 2. The molecule has 2 aromatic heterocycles. The van der Waals surface area contributed by atoms with Gasteiger partial charge in [-0.15, -0.1) is 0 Å². The Bertz CT molecular complexity index is 1180. The maximum absolute atomic E-state index is 13.2. The number of aromatic amines is 1. The van der Waals surface area contributed by atoms with Crippen LogP contribution in [0.5, 0.6) is 0 Å². The van der Waals surface area contributed by atoms with E-state index in [9.17, 15) is 4.79 Å². The number of aromatic nitrogens is 4. The van der Waals surface area contributed by atoms with Gasteiger partial charge in [-0.05, 0) is 51.1 Å². The lowest BCUT2D eigenvalue weighted by molar-refractivity contribution is -0.337. The fraction of sp³-hybridized carbons (Fsp3) is 0.143. The summed E-state index contributed by atoms with van der Waals surface area (Å²) in [6.07, 6.45) is 0. The molecule has 6 heteroatoms. The van der Waals surface area contributed by atoms with E-state index >= 15 is 0 Å². The van der Waals surface area contributed by atoms with Crippen molar-refractivity contribution in [3.05, 3.63) is 81.9 Å². The first-order valence-electron chi connectivity index (χ1n) is 8.75. The molecule has 0 amide bonds. The van der Waals surface area contributed by atoms with Crippen LogP contribution in [0.1, 0.15) is 17.0 Å². The zero-order valence-corrected chi connectivity index (χ0v) is 15.4. The maximum atomic E-state index is 13.2. The second-order valence-corrected chi connectivity index (χ2v) is 6.61. The molecule has 0 radical (unpaired) electrons. The van der Waals surface area contributed by atoms with Crippen molar-refractivity contribution in [2.45, 2.75) is 20.8 Å². The number of H-pyrrole nitrogens is 1. The minimum Gasteiger partial charge on any atom is -0.238 e. The molecule has 2 N–H and O–H groups in total. The van der Waals surface area contributed by atoms with Gasteiger partial charge < -0.3 is 0 Å². The summed E-state index contributed by atoms with van der Waals surface area (Å²) in [7, 11) is 0. The number of para-hydroxylation sites is 1. The van der Waals surface area contributed by atoms with Crippen LogP contribution in [0.3, 0.4) is 0 Å². The van der Waals surface area contributed by atoms with Crippen LogP contribution in [0.4, 0.5) is 5.95 Å². The number of nitrogens with one attached hydrogen (secondary N) is 2. The lowest BCUT2D eigenvalue weighted by Gasteiger charge is -2.09. The average molecular weight is 358 g/mol. The number of anilines is 1. The van der Waals surface area contributed by atoms with Gasteiger partial charge in [0.25, 0.3) is 5.95 Å². The Morgan fingerprint density at radius 1 is 0.926 bits per heavy atom. The largest absolute Gasteiger partial charge is 0.369 e. The van der Waals surface area contributed by atoms with Crippen molar-refractivity contribution in [3.63, 3.8) is 0 Å². The zero-order chi connectivity index (χ0) is 19.0. The molecule has 0 aliphatic rings. The highest BCUT2D eigenvalue weighted by molar-refractivity contribution is 5.75. The van der Waals surface area contributed by atoms with E-state index in [1.807, 2.05) is 69.3 Å². The normalized spacial score (nSPS) is 10.9. The summed E-state index contributed by atoms with van der Waals surface area (Å²) in [5.74, 6) is 1.02. The highest BCUT2D eigenvalue weighted by Gasteiger charge is 2.21. The molecule has 0 saturated heterocycles. The highest BCUT2D eigenvalue weighted by Crippen LogP contribution is 2.17. The predicted octanol–water partition coefficient (Wildman–Crippen LogP) is 3.07. The van der Waals surface area contributed by atoms with E-state index in [2.05, 4.69) is 20.4 Å². The molecule has 4 rings (SSSR count). The maximum Gasteiger partial charge on any atom is 0.369 e. The molecule has 0 unspecified atom stereocenters. The van der Waals surface area contributed by atoms with Gasteiger partial charge in [-0.25, -0.2) is 19.7 Å². The highest BCUT2D eigenvalue weighted by atomic mass is 16.1. The van der Waals surface area contributed by atoms with Crippen molar-refractivity contribution < 1.29 is 4.98 Å². The van der Waals surface area contributed by atoms with Crippen LogP contribution >= 0.6 is 0 Å². The molecular weight excluding hydrogens is 338 g/mol. The monoisotopic (exact) mass is 358 g/mol.